The summed E-state index contributed by atoms with van der Waals surface area (Å²) in [6, 6.07) is 10.3. The van der Waals surface area contributed by atoms with Gasteiger partial charge in [0.05, 0.1) is 5.02 Å². The number of hydrogen-bond donors (Lipinski definition) is 3. The van der Waals surface area contributed by atoms with Crippen LogP contribution in [0, 0.1) is 6.92 Å². The van der Waals surface area contributed by atoms with Crippen molar-refractivity contribution in [3.63, 3.8) is 0 Å². The number of benzene rings is 1. The summed E-state index contributed by atoms with van der Waals surface area (Å²) < 4.78 is -1.85. The number of nitrogens with one attached hydrogen (secondary N) is 3. The Kier molecular flexibility index (Phi) is 7.32. The van der Waals surface area contributed by atoms with Crippen LogP contribution in [0.15, 0.2) is 42.6 Å². The van der Waals surface area contributed by atoms with Crippen LogP contribution in [0.3, 0.4) is 0 Å². The highest BCUT2D eigenvalue weighted by molar-refractivity contribution is 7.80. The predicted molar refractivity (Wildman–Crippen MR) is 111 cm³/mol. The average Bonchev–Trinajstić information content (AvgIpc) is 2.55. The first kappa shape index (κ1) is 21.0. The van der Waals surface area contributed by atoms with E-state index in [4.69, 9.17) is 58.6 Å². The van der Waals surface area contributed by atoms with E-state index in [1.807, 2.05) is 13.0 Å². The van der Waals surface area contributed by atoms with Crippen molar-refractivity contribution in [3.8, 4) is 0 Å². The van der Waals surface area contributed by atoms with Crippen molar-refractivity contribution in [2.24, 2.45) is 0 Å². The van der Waals surface area contributed by atoms with Crippen molar-refractivity contribution in [1.82, 2.24) is 15.6 Å². The number of carbonyl (C=O) groups excluding carboxylic acids is 1. The lowest BCUT2D eigenvalue weighted by molar-refractivity contribution is 0.0934. The molecule has 0 saturated heterocycles. The van der Waals surface area contributed by atoms with E-state index >= 15 is 0 Å². The largest absolute Gasteiger partial charge is 0.339 e. The number of aromatic nitrogens is 1. The molecule has 0 radical (unpaired) electrons. The summed E-state index contributed by atoms with van der Waals surface area (Å²) in [5.41, 5.74) is 1.37. The lowest BCUT2D eigenvalue weighted by atomic mass is 10.1. The summed E-state index contributed by atoms with van der Waals surface area (Å²) in [6.45, 7) is 1.87. The number of rotatable bonds is 4. The van der Waals surface area contributed by atoms with Crippen molar-refractivity contribution >= 4 is 75.5 Å². The molecule has 0 saturated carbocycles. The maximum Gasteiger partial charge on any atom is 0.252 e. The second kappa shape index (κ2) is 9.06. The molecule has 138 valence electrons. The van der Waals surface area contributed by atoms with E-state index < -0.39 is 15.9 Å². The van der Waals surface area contributed by atoms with Gasteiger partial charge in [-0.2, -0.15) is 0 Å². The first-order valence-electron chi connectivity index (χ1n) is 7.28. The number of alkyl halides is 3. The van der Waals surface area contributed by atoms with Crippen molar-refractivity contribution in [2.45, 2.75) is 16.9 Å². The minimum atomic E-state index is -1.85. The zero-order valence-corrected chi connectivity index (χ0v) is 17.2. The SMILES string of the molecule is Cc1cccc(C(=O)NC(NC(=S)Nc2ccc(Cl)cn2)C(Cl)(Cl)Cl)c1. The number of thiocarbonyl (C=S) groups is 1. The molecule has 0 aliphatic carbocycles. The first-order chi connectivity index (χ1) is 12.1. The molecule has 1 aromatic heterocycles. The minimum absolute atomic E-state index is 0.112. The zero-order valence-electron chi connectivity index (χ0n) is 13.4. The van der Waals surface area contributed by atoms with Crippen LogP contribution in [-0.2, 0) is 0 Å². The Bertz CT molecular complexity index is 796. The van der Waals surface area contributed by atoms with Crippen LogP contribution >= 0.6 is 58.6 Å². The van der Waals surface area contributed by atoms with E-state index in [9.17, 15) is 4.79 Å². The van der Waals surface area contributed by atoms with E-state index in [0.717, 1.165) is 5.56 Å². The third kappa shape index (κ3) is 6.45. The predicted octanol–water partition coefficient (Wildman–Crippen LogP) is 4.46. The minimum Gasteiger partial charge on any atom is -0.339 e. The van der Waals surface area contributed by atoms with Crippen molar-refractivity contribution in [2.75, 3.05) is 5.32 Å². The maximum absolute atomic E-state index is 12.4. The first-order valence-corrected chi connectivity index (χ1v) is 9.20. The van der Waals surface area contributed by atoms with E-state index in [0.29, 0.717) is 16.4 Å². The molecule has 1 unspecified atom stereocenters. The Morgan fingerprint density at radius 2 is 1.92 bits per heavy atom. The summed E-state index contributed by atoms with van der Waals surface area (Å²) in [5.74, 6) is 0.0323. The van der Waals surface area contributed by atoms with Crippen molar-refractivity contribution < 1.29 is 4.79 Å². The number of halogens is 4. The molecule has 10 heteroatoms. The Balaban J connectivity index is 2.06. The van der Waals surface area contributed by atoms with Crippen molar-refractivity contribution in [1.29, 1.82) is 0 Å². The fourth-order valence-electron chi connectivity index (χ4n) is 1.93. The molecule has 5 nitrogen and oxygen atoms in total. The standard InChI is InChI=1S/C16H14Cl4N4OS/c1-9-3-2-4-10(7-9)13(25)23-14(16(18,19)20)24-15(26)22-12-6-5-11(17)8-21-12/h2-8,14H,1H3,(H,23,25)(H2,21,22,24,26). The van der Waals surface area contributed by atoms with Gasteiger partial charge in [0.1, 0.15) is 12.0 Å². The van der Waals surface area contributed by atoms with E-state index in [2.05, 4.69) is 20.9 Å². The highest BCUT2D eigenvalue weighted by Crippen LogP contribution is 2.29. The molecule has 0 aliphatic heterocycles. The van der Waals surface area contributed by atoms with Crippen LogP contribution in [-0.4, -0.2) is 26.0 Å². The zero-order chi connectivity index (χ0) is 19.3. The number of pyridine rings is 1. The number of nitrogens with zero attached hydrogens (tertiary/aromatic N) is 1. The Morgan fingerprint density at radius 3 is 2.50 bits per heavy atom. The van der Waals surface area contributed by atoms with Gasteiger partial charge in [0.2, 0.25) is 3.79 Å². The topological polar surface area (TPSA) is 66.1 Å². The average molecular weight is 452 g/mol. The third-order valence-corrected chi connectivity index (χ3v) is 4.23. The van der Waals surface area contributed by atoms with Crippen molar-refractivity contribution in [3.05, 3.63) is 58.7 Å². The second-order valence-corrected chi connectivity index (χ2v) is 8.49. The molecule has 1 amide bonds. The van der Waals surface area contributed by atoms with Crippen LogP contribution in [0.1, 0.15) is 15.9 Å². The van der Waals surface area contributed by atoms with Gasteiger partial charge in [-0.3, -0.25) is 4.79 Å². The molecule has 0 bridgehead atoms. The van der Waals surface area contributed by atoms with Gasteiger partial charge in [-0.1, -0.05) is 64.1 Å². The monoisotopic (exact) mass is 450 g/mol. The number of carbonyl (C=O) groups is 1. The second-order valence-electron chi connectivity index (χ2n) is 5.28. The molecular weight excluding hydrogens is 438 g/mol. The Morgan fingerprint density at radius 1 is 1.19 bits per heavy atom. The fraction of sp³-hybridized carbons (Fsp3) is 0.188. The molecule has 1 aromatic carbocycles. The molecule has 0 fully saturated rings. The van der Waals surface area contributed by atoms with Crippen LogP contribution in [0.25, 0.3) is 0 Å². The van der Waals surface area contributed by atoms with Gasteiger partial charge in [0.15, 0.2) is 5.11 Å². The number of hydrogen-bond acceptors (Lipinski definition) is 3. The molecule has 1 heterocycles. The van der Waals surface area contributed by atoms with Gasteiger partial charge < -0.3 is 16.0 Å². The third-order valence-electron chi connectivity index (χ3n) is 3.13. The summed E-state index contributed by atoms with van der Waals surface area (Å²) in [7, 11) is 0. The smallest absolute Gasteiger partial charge is 0.252 e. The van der Waals surface area contributed by atoms with Gasteiger partial charge in [-0.15, -0.1) is 0 Å². The maximum atomic E-state index is 12.4. The molecule has 2 aromatic rings. The summed E-state index contributed by atoms with van der Waals surface area (Å²) in [4.78, 5) is 16.5. The van der Waals surface area contributed by atoms with Gasteiger partial charge >= 0.3 is 0 Å². The van der Waals surface area contributed by atoms with Crippen LogP contribution in [0.4, 0.5) is 5.82 Å². The van der Waals surface area contributed by atoms with E-state index in [1.165, 1.54) is 6.20 Å². The van der Waals surface area contributed by atoms with Gasteiger partial charge in [-0.25, -0.2) is 4.98 Å². The summed E-state index contributed by atoms with van der Waals surface area (Å²) >= 11 is 28.9. The molecule has 1 atom stereocenters. The molecule has 0 aliphatic rings. The number of aryl methyl sites for hydroxylation is 1. The van der Waals surface area contributed by atoms with Crippen LogP contribution < -0.4 is 16.0 Å². The summed E-state index contributed by atoms with van der Waals surface area (Å²) in [6.07, 6.45) is 0.381. The molecular formula is C16H14Cl4N4OS. The van der Waals surface area contributed by atoms with Gasteiger partial charge in [-0.05, 0) is 43.4 Å². The Labute approximate surface area is 176 Å². The Hall–Kier alpha value is -1.31. The molecule has 3 N–H and O–H groups in total. The fourth-order valence-corrected chi connectivity index (χ4v) is 2.60. The van der Waals surface area contributed by atoms with E-state index in [-0.39, 0.29) is 5.11 Å². The van der Waals surface area contributed by atoms with Gasteiger partial charge in [0.25, 0.3) is 5.91 Å². The van der Waals surface area contributed by atoms with Crippen LogP contribution in [0.2, 0.25) is 5.02 Å². The molecule has 2 rings (SSSR count). The lowest BCUT2D eigenvalue weighted by Crippen LogP contribution is -2.56. The van der Waals surface area contributed by atoms with E-state index in [1.54, 1.807) is 30.3 Å². The van der Waals surface area contributed by atoms with Gasteiger partial charge in [0, 0.05) is 11.8 Å². The quantitative estimate of drug-likeness (QED) is 0.364. The number of anilines is 1. The highest BCUT2D eigenvalue weighted by atomic mass is 35.6. The number of amides is 1. The molecule has 26 heavy (non-hydrogen) atoms. The highest BCUT2D eigenvalue weighted by Gasteiger charge is 2.35. The lowest BCUT2D eigenvalue weighted by Gasteiger charge is -2.27. The summed E-state index contributed by atoms with van der Waals surface area (Å²) in [5, 5.41) is 8.78. The normalized spacial score (nSPS) is 12.2. The molecule has 0 spiro atoms. The van der Waals surface area contributed by atoms with Crippen LogP contribution in [0.5, 0.6) is 0 Å².